The van der Waals surface area contributed by atoms with Gasteiger partial charge in [-0.2, -0.15) is 10.2 Å². The molecule has 0 fully saturated rings. The van der Waals surface area contributed by atoms with Crippen LogP contribution in [0.5, 0.6) is 0 Å². The van der Waals surface area contributed by atoms with Crippen LogP contribution in [0.4, 0.5) is 5.69 Å². The minimum atomic E-state index is 0.847. The van der Waals surface area contributed by atoms with E-state index in [2.05, 4.69) is 65.9 Å². The second-order valence-electron chi connectivity index (χ2n) is 9.66. The number of hydrogen-bond acceptors (Lipinski definition) is 4. The zero-order valence-corrected chi connectivity index (χ0v) is 20.8. The number of furan rings is 1. The zero-order chi connectivity index (χ0) is 24.8. The normalized spacial score (nSPS) is 13.6. The number of aromatic nitrogens is 1. The molecular weight excluding hydrogens is 456 g/mol. The largest absolute Gasteiger partial charge is 0.456 e. The van der Waals surface area contributed by atoms with Crippen LogP contribution in [0.2, 0.25) is 0 Å². The van der Waals surface area contributed by atoms with Crippen LogP contribution < -0.4 is 10.5 Å². The highest BCUT2D eigenvalue weighted by molar-refractivity contribution is 6.21. The highest BCUT2D eigenvalue weighted by atomic mass is 16.3. The van der Waals surface area contributed by atoms with Crippen molar-refractivity contribution in [1.29, 1.82) is 0 Å². The van der Waals surface area contributed by atoms with Crippen molar-refractivity contribution < 1.29 is 4.42 Å². The summed E-state index contributed by atoms with van der Waals surface area (Å²) in [6, 6.07) is 27.4. The summed E-state index contributed by atoms with van der Waals surface area (Å²) in [5.74, 6) is 0. The van der Waals surface area contributed by atoms with Crippen molar-refractivity contribution in [3.63, 3.8) is 0 Å². The monoisotopic (exact) mass is 484 g/mol. The number of hydrazone groups is 1. The Labute approximate surface area is 215 Å². The topological polar surface area (TPSA) is 56.6 Å². The Morgan fingerprint density at radius 2 is 1.65 bits per heavy atom. The van der Waals surface area contributed by atoms with Crippen LogP contribution in [0.3, 0.4) is 0 Å². The van der Waals surface area contributed by atoms with Gasteiger partial charge in [-0.3, -0.25) is 5.43 Å². The molecule has 6 aromatic rings. The fourth-order valence-electron chi connectivity index (χ4n) is 5.60. The predicted molar refractivity (Wildman–Crippen MR) is 154 cm³/mol. The molecule has 0 spiro atoms. The first-order chi connectivity index (χ1) is 18.3. The van der Waals surface area contributed by atoms with E-state index >= 15 is 0 Å². The van der Waals surface area contributed by atoms with Gasteiger partial charge < -0.3 is 9.40 Å². The average molecular weight is 485 g/mol. The van der Waals surface area contributed by atoms with Gasteiger partial charge in [-0.05, 0) is 48.7 Å². The molecule has 0 atom stereocenters. The number of aromatic amines is 1. The first-order valence-corrected chi connectivity index (χ1v) is 13.1. The van der Waals surface area contributed by atoms with Gasteiger partial charge in [0.2, 0.25) is 0 Å². The van der Waals surface area contributed by atoms with E-state index in [1.54, 1.807) is 0 Å². The van der Waals surface area contributed by atoms with E-state index in [9.17, 15) is 0 Å². The third-order valence-electron chi connectivity index (χ3n) is 7.32. The van der Waals surface area contributed by atoms with Crippen molar-refractivity contribution >= 4 is 55.1 Å². The van der Waals surface area contributed by atoms with Gasteiger partial charge in [-0.25, -0.2) is 0 Å². The number of benzene rings is 4. The average Bonchev–Trinajstić information content (AvgIpc) is 3.52. The number of H-pyrrole nitrogens is 1. The lowest BCUT2D eigenvalue weighted by molar-refractivity contribution is 0.668. The Morgan fingerprint density at radius 3 is 2.59 bits per heavy atom. The van der Waals surface area contributed by atoms with Crippen LogP contribution >= 0.6 is 0 Å². The number of fused-ring (bicyclic) bond motifs is 6. The predicted octanol–water partition coefficient (Wildman–Crippen LogP) is 8.20. The minimum Gasteiger partial charge on any atom is -0.456 e. The Bertz CT molecular complexity index is 1840. The van der Waals surface area contributed by atoms with E-state index in [0.717, 1.165) is 50.8 Å². The van der Waals surface area contributed by atoms with E-state index in [1.807, 2.05) is 47.7 Å². The summed E-state index contributed by atoms with van der Waals surface area (Å²) in [6.45, 7) is 2.25. The molecule has 1 aliphatic heterocycles. The first-order valence-electron chi connectivity index (χ1n) is 13.1. The summed E-state index contributed by atoms with van der Waals surface area (Å²) < 4.78 is 6.11. The van der Waals surface area contributed by atoms with Crippen LogP contribution in [0.25, 0.3) is 43.7 Å². The molecule has 0 bridgehead atoms. The van der Waals surface area contributed by atoms with E-state index in [-0.39, 0.29) is 0 Å². The standard InChI is InChI=1S/C32H28N4O/c1-2-3-4-10-21-11-7-15-26-30(21)24-14-8-13-22(32(24)34-26)25-19-20-33-36(35-25)27-16-9-18-29-31(27)23-12-5-6-17-28(23)37-29/h5-9,11-20,33-34H,2-4,10H2,1H3. The summed E-state index contributed by atoms with van der Waals surface area (Å²) in [5, 5.41) is 11.6. The lowest BCUT2D eigenvalue weighted by Crippen LogP contribution is -2.33. The Kier molecular flexibility index (Phi) is 5.21. The van der Waals surface area contributed by atoms with Gasteiger partial charge in [0, 0.05) is 33.4 Å². The molecule has 5 heteroatoms. The smallest absolute Gasteiger partial charge is 0.137 e. The molecule has 7 rings (SSSR count). The highest BCUT2D eigenvalue weighted by Gasteiger charge is 2.19. The van der Waals surface area contributed by atoms with Gasteiger partial charge in [0.25, 0.3) is 0 Å². The number of rotatable bonds is 6. The maximum absolute atomic E-state index is 6.11. The SMILES string of the molecule is CCCCCc1cccc2[nH]c3c(C4=NN(c5cccc6oc7ccccc7c56)NC=C4)cccc3c12. The number of nitrogens with one attached hydrogen (secondary N) is 2. The molecule has 3 heterocycles. The van der Waals surface area contributed by atoms with Gasteiger partial charge >= 0.3 is 0 Å². The maximum Gasteiger partial charge on any atom is 0.137 e. The third kappa shape index (κ3) is 3.58. The molecule has 37 heavy (non-hydrogen) atoms. The molecular formula is C32H28N4O. The van der Waals surface area contributed by atoms with Gasteiger partial charge in [-0.1, -0.05) is 74.4 Å². The first kappa shape index (κ1) is 21.7. The second kappa shape index (κ2) is 8.86. The number of aryl methyl sites for hydroxylation is 1. The Morgan fingerprint density at radius 1 is 0.811 bits per heavy atom. The number of para-hydroxylation sites is 2. The van der Waals surface area contributed by atoms with Crippen LogP contribution in [0, 0.1) is 0 Å². The van der Waals surface area contributed by atoms with Crippen molar-refractivity contribution in [3.8, 4) is 0 Å². The summed E-state index contributed by atoms with van der Waals surface area (Å²) in [6.07, 6.45) is 8.78. The zero-order valence-electron chi connectivity index (χ0n) is 20.8. The van der Waals surface area contributed by atoms with E-state index in [4.69, 9.17) is 9.52 Å². The molecule has 0 saturated heterocycles. The fraction of sp³-hybridized carbons (Fsp3) is 0.156. The van der Waals surface area contributed by atoms with Gasteiger partial charge in [0.05, 0.1) is 22.3 Å². The number of allylic oxidation sites excluding steroid dienone is 1. The van der Waals surface area contributed by atoms with Crippen molar-refractivity contribution in [3.05, 3.63) is 102 Å². The number of anilines is 1. The van der Waals surface area contributed by atoms with Crippen LogP contribution in [-0.2, 0) is 6.42 Å². The quantitative estimate of drug-likeness (QED) is 0.234. The lowest BCUT2D eigenvalue weighted by Gasteiger charge is -2.24. The molecule has 1 aliphatic rings. The highest BCUT2D eigenvalue weighted by Crippen LogP contribution is 2.37. The maximum atomic E-state index is 6.11. The summed E-state index contributed by atoms with van der Waals surface area (Å²) in [7, 11) is 0. The van der Waals surface area contributed by atoms with E-state index in [1.165, 1.54) is 41.1 Å². The van der Waals surface area contributed by atoms with Crippen LogP contribution in [0.1, 0.15) is 37.3 Å². The second-order valence-corrected chi connectivity index (χ2v) is 9.66. The molecule has 2 aromatic heterocycles. The summed E-state index contributed by atoms with van der Waals surface area (Å²) in [4.78, 5) is 3.71. The van der Waals surface area contributed by atoms with Crippen molar-refractivity contribution in [2.45, 2.75) is 32.6 Å². The fourth-order valence-corrected chi connectivity index (χ4v) is 5.60. The summed E-state index contributed by atoms with van der Waals surface area (Å²) >= 11 is 0. The number of hydrazine groups is 1. The molecule has 0 saturated carbocycles. The van der Waals surface area contributed by atoms with Crippen molar-refractivity contribution in [2.24, 2.45) is 5.10 Å². The van der Waals surface area contributed by atoms with Gasteiger partial charge in [0.15, 0.2) is 0 Å². The molecule has 0 aliphatic carbocycles. The minimum absolute atomic E-state index is 0.847. The molecule has 2 N–H and O–H groups in total. The van der Waals surface area contributed by atoms with Crippen LogP contribution in [0.15, 0.2) is 101 Å². The van der Waals surface area contributed by atoms with E-state index < -0.39 is 0 Å². The van der Waals surface area contributed by atoms with Gasteiger partial charge in [0.1, 0.15) is 11.2 Å². The number of unbranched alkanes of at least 4 members (excludes halogenated alkanes) is 2. The number of hydrogen-bond donors (Lipinski definition) is 2. The molecule has 5 nitrogen and oxygen atoms in total. The lowest BCUT2D eigenvalue weighted by atomic mass is 9.99. The molecule has 0 radical (unpaired) electrons. The van der Waals surface area contributed by atoms with Crippen molar-refractivity contribution in [2.75, 3.05) is 5.12 Å². The van der Waals surface area contributed by atoms with Crippen LogP contribution in [-0.4, -0.2) is 10.7 Å². The Balaban J connectivity index is 1.35. The number of nitrogens with zero attached hydrogens (tertiary/aromatic N) is 2. The van der Waals surface area contributed by atoms with Gasteiger partial charge in [-0.15, -0.1) is 0 Å². The molecule has 0 unspecified atom stereocenters. The summed E-state index contributed by atoms with van der Waals surface area (Å²) in [5.41, 5.74) is 11.7. The molecule has 182 valence electrons. The molecule has 4 aromatic carbocycles. The molecule has 0 amide bonds. The van der Waals surface area contributed by atoms with E-state index in [0.29, 0.717) is 0 Å². The third-order valence-corrected chi connectivity index (χ3v) is 7.32. The Hall–Kier alpha value is -4.51. The van der Waals surface area contributed by atoms with Crippen molar-refractivity contribution in [1.82, 2.24) is 10.4 Å².